The average Bonchev–Trinajstić information content (AvgIpc) is 2.92. The largest absolute Gasteiger partial charge is 0.359 e. The van der Waals surface area contributed by atoms with Gasteiger partial charge in [0.25, 0.3) is 0 Å². The Labute approximate surface area is 148 Å². The van der Waals surface area contributed by atoms with E-state index in [9.17, 15) is 9.59 Å². The summed E-state index contributed by atoms with van der Waals surface area (Å²) < 4.78 is 0. The maximum absolute atomic E-state index is 12.9. The minimum absolute atomic E-state index is 0.0713. The van der Waals surface area contributed by atoms with E-state index in [-0.39, 0.29) is 30.1 Å². The first-order valence-corrected chi connectivity index (χ1v) is 8.74. The van der Waals surface area contributed by atoms with Crippen molar-refractivity contribution >= 4 is 11.8 Å². The molecule has 1 fully saturated rings. The Morgan fingerprint density at radius 3 is 2.24 bits per heavy atom. The van der Waals surface area contributed by atoms with E-state index in [4.69, 9.17) is 0 Å². The van der Waals surface area contributed by atoms with E-state index < -0.39 is 0 Å². The summed E-state index contributed by atoms with van der Waals surface area (Å²) in [6.07, 6.45) is 1.08. The molecule has 0 unspecified atom stereocenters. The Morgan fingerprint density at radius 2 is 1.64 bits per heavy atom. The molecule has 1 aliphatic heterocycles. The van der Waals surface area contributed by atoms with Gasteiger partial charge >= 0.3 is 0 Å². The molecule has 0 spiro atoms. The smallest absolute Gasteiger partial charge is 0.226 e. The van der Waals surface area contributed by atoms with Gasteiger partial charge in [0.1, 0.15) is 0 Å². The molecule has 1 heterocycles. The molecule has 4 nitrogen and oxygen atoms in total. The molecule has 1 aliphatic rings. The second-order valence-electron chi connectivity index (χ2n) is 6.64. The number of hydrogen-bond donors (Lipinski definition) is 1. The molecular formula is C21H24N2O2. The summed E-state index contributed by atoms with van der Waals surface area (Å²) >= 11 is 0. The van der Waals surface area contributed by atoms with Crippen molar-refractivity contribution in [2.45, 2.75) is 19.4 Å². The summed E-state index contributed by atoms with van der Waals surface area (Å²) in [5.41, 5.74) is 2.33. The molecular weight excluding hydrogens is 312 g/mol. The van der Waals surface area contributed by atoms with Gasteiger partial charge in [-0.15, -0.1) is 0 Å². The second-order valence-corrected chi connectivity index (χ2v) is 6.64. The van der Waals surface area contributed by atoms with Gasteiger partial charge in [0.2, 0.25) is 11.8 Å². The lowest BCUT2D eigenvalue weighted by molar-refractivity contribution is -0.134. The van der Waals surface area contributed by atoms with Gasteiger partial charge in [-0.2, -0.15) is 0 Å². The third-order valence-electron chi connectivity index (χ3n) is 4.89. The molecule has 25 heavy (non-hydrogen) atoms. The van der Waals surface area contributed by atoms with Gasteiger partial charge in [-0.3, -0.25) is 9.59 Å². The van der Waals surface area contributed by atoms with Crippen LogP contribution in [0.3, 0.4) is 0 Å². The van der Waals surface area contributed by atoms with Gasteiger partial charge in [-0.1, -0.05) is 60.7 Å². The number of hydrogen-bond acceptors (Lipinski definition) is 2. The highest BCUT2D eigenvalue weighted by molar-refractivity contribution is 5.87. The van der Waals surface area contributed by atoms with Crippen LogP contribution in [0.2, 0.25) is 0 Å². The van der Waals surface area contributed by atoms with Crippen molar-refractivity contribution in [2.24, 2.45) is 11.8 Å². The van der Waals surface area contributed by atoms with Crippen molar-refractivity contribution in [1.82, 2.24) is 10.2 Å². The first kappa shape index (κ1) is 17.2. The number of nitrogens with one attached hydrogen (secondary N) is 1. The minimum atomic E-state index is -0.246. The monoisotopic (exact) mass is 336 g/mol. The van der Waals surface area contributed by atoms with Gasteiger partial charge in [0, 0.05) is 26.6 Å². The Bertz CT molecular complexity index is 715. The molecule has 4 heteroatoms. The van der Waals surface area contributed by atoms with Crippen LogP contribution in [0.4, 0.5) is 0 Å². The Hall–Kier alpha value is -2.62. The molecule has 2 atom stereocenters. The van der Waals surface area contributed by atoms with Crippen molar-refractivity contribution in [3.05, 3.63) is 71.8 Å². The molecule has 0 saturated carbocycles. The van der Waals surface area contributed by atoms with Gasteiger partial charge in [-0.25, -0.2) is 0 Å². The standard InChI is InChI=1S/C21H24N2O2/c1-22-20(24)13-19-18(12-16-8-4-2-5-9-16)15-23(21(19)25)14-17-10-6-3-7-11-17/h2-11,18-19H,12-15H2,1H3,(H,22,24)/t18-,19+/m0/s1. The van der Waals surface area contributed by atoms with Crippen LogP contribution in [0.5, 0.6) is 0 Å². The highest BCUT2D eigenvalue weighted by Crippen LogP contribution is 2.31. The molecule has 130 valence electrons. The van der Waals surface area contributed by atoms with Gasteiger partial charge in [0.15, 0.2) is 0 Å². The lowest BCUT2D eigenvalue weighted by Gasteiger charge is -2.16. The van der Waals surface area contributed by atoms with Crippen molar-refractivity contribution in [1.29, 1.82) is 0 Å². The third kappa shape index (κ3) is 4.27. The number of rotatable bonds is 6. The lowest BCUT2D eigenvalue weighted by Crippen LogP contribution is -2.30. The van der Waals surface area contributed by atoms with Crippen LogP contribution in [0.1, 0.15) is 17.5 Å². The molecule has 2 aromatic rings. The van der Waals surface area contributed by atoms with E-state index in [1.54, 1.807) is 7.05 Å². The van der Waals surface area contributed by atoms with Gasteiger partial charge < -0.3 is 10.2 Å². The Balaban J connectivity index is 1.76. The molecule has 1 N–H and O–H groups in total. The first-order chi connectivity index (χ1) is 12.2. The van der Waals surface area contributed by atoms with E-state index in [1.165, 1.54) is 5.56 Å². The van der Waals surface area contributed by atoms with Crippen molar-refractivity contribution in [3.63, 3.8) is 0 Å². The summed E-state index contributed by atoms with van der Waals surface area (Å²) in [4.78, 5) is 26.7. The first-order valence-electron chi connectivity index (χ1n) is 8.74. The molecule has 0 aromatic heterocycles. The molecule has 2 amide bonds. The van der Waals surface area contributed by atoms with Crippen LogP contribution in [0, 0.1) is 11.8 Å². The summed E-state index contributed by atoms with van der Waals surface area (Å²) in [6.45, 7) is 1.31. The van der Waals surface area contributed by atoms with Crippen LogP contribution in [-0.2, 0) is 22.6 Å². The SMILES string of the molecule is CNC(=O)C[C@H]1C(=O)N(Cc2ccccc2)C[C@@H]1Cc1ccccc1. The minimum Gasteiger partial charge on any atom is -0.359 e. The van der Waals surface area contributed by atoms with Gasteiger partial charge in [-0.05, 0) is 23.5 Å². The predicted molar refractivity (Wildman–Crippen MR) is 97.7 cm³/mol. The zero-order valence-corrected chi connectivity index (χ0v) is 14.5. The van der Waals surface area contributed by atoms with Crippen LogP contribution in [0.25, 0.3) is 0 Å². The molecule has 2 aromatic carbocycles. The Morgan fingerprint density at radius 1 is 1.04 bits per heavy atom. The molecule has 0 radical (unpaired) electrons. The zero-order valence-electron chi connectivity index (χ0n) is 14.5. The molecule has 3 rings (SSSR count). The van der Waals surface area contributed by atoms with E-state index >= 15 is 0 Å². The fourth-order valence-electron chi connectivity index (χ4n) is 3.56. The average molecular weight is 336 g/mol. The fraction of sp³-hybridized carbons (Fsp3) is 0.333. The van der Waals surface area contributed by atoms with E-state index in [0.29, 0.717) is 13.1 Å². The fourth-order valence-corrected chi connectivity index (χ4v) is 3.56. The van der Waals surface area contributed by atoms with Gasteiger partial charge in [0.05, 0.1) is 5.92 Å². The molecule has 1 saturated heterocycles. The lowest BCUT2D eigenvalue weighted by atomic mass is 9.87. The van der Waals surface area contributed by atoms with Crippen LogP contribution in [-0.4, -0.2) is 30.3 Å². The van der Waals surface area contributed by atoms with Crippen LogP contribution < -0.4 is 5.32 Å². The number of likely N-dealkylation sites (tertiary alicyclic amines) is 1. The van der Waals surface area contributed by atoms with Crippen molar-refractivity contribution in [2.75, 3.05) is 13.6 Å². The highest BCUT2D eigenvalue weighted by Gasteiger charge is 2.40. The van der Waals surface area contributed by atoms with E-state index in [0.717, 1.165) is 12.0 Å². The maximum Gasteiger partial charge on any atom is 0.226 e. The quantitative estimate of drug-likeness (QED) is 0.882. The van der Waals surface area contributed by atoms with E-state index in [2.05, 4.69) is 17.4 Å². The molecule has 0 aliphatic carbocycles. The van der Waals surface area contributed by atoms with Crippen molar-refractivity contribution < 1.29 is 9.59 Å². The number of carbonyl (C=O) groups is 2. The third-order valence-corrected chi connectivity index (χ3v) is 4.89. The molecule has 0 bridgehead atoms. The maximum atomic E-state index is 12.9. The zero-order chi connectivity index (χ0) is 17.6. The topological polar surface area (TPSA) is 49.4 Å². The predicted octanol–water partition coefficient (Wildman–Crippen LogP) is 2.64. The number of benzene rings is 2. The van der Waals surface area contributed by atoms with Crippen LogP contribution in [0.15, 0.2) is 60.7 Å². The number of amides is 2. The summed E-state index contributed by atoms with van der Waals surface area (Å²) in [5, 5.41) is 2.65. The second kappa shape index (κ2) is 7.97. The van der Waals surface area contributed by atoms with Crippen molar-refractivity contribution in [3.8, 4) is 0 Å². The summed E-state index contributed by atoms with van der Waals surface area (Å²) in [7, 11) is 1.62. The van der Waals surface area contributed by atoms with Crippen LogP contribution >= 0.6 is 0 Å². The summed E-state index contributed by atoms with van der Waals surface area (Å²) in [5.74, 6) is -0.0638. The number of carbonyl (C=O) groups excluding carboxylic acids is 2. The highest BCUT2D eigenvalue weighted by atomic mass is 16.2. The number of nitrogens with zero attached hydrogens (tertiary/aromatic N) is 1. The summed E-state index contributed by atoms with van der Waals surface area (Å²) in [6, 6.07) is 20.2. The normalized spacial score (nSPS) is 19.9. The van der Waals surface area contributed by atoms with E-state index in [1.807, 2.05) is 53.4 Å². The Kier molecular flexibility index (Phi) is 5.49.